The van der Waals surface area contributed by atoms with E-state index in [-0.39, 0.29) is 11.5 Å². The second-order valence-electron chi connectivity index (χ2n) is 4.54. The van der Waals surface area contributed by atoms with E-state index in [0.717, 1.165) is 5.56 Å². The minimum Gasteiger partial charge on any atom is -0.504 e. The summed E-state index contributed by atoms with van der Waals surface area (Å²) < 4.78 is 0.522. The van der Waals surface area contributed by atoms with Gasteiger partial charge < -0.3 is 15.2 Å². The SMILES string of the molecule is Oc1ccc(-c2cnc(-c3ccccc3)[nH]c2=S)cc1O. The molecule has 0 aliphatic carbocycles. The molecule has 0 aliphatic heterocycles. The van der Waals surface area contributed by atoms with Gasteiger partial charge in [-0.15, -0.1) is 0 Å². The molecule has 3 aromatic rings. The van der Waals surface area contributed by atoms with Crippen molar-refractivity contribution in [2.45, 2.75) is 0 Å². The molecule has 2 aromatic carbocycles. The molecule has 0 unspecified atom stereocenters. The molecule has 0 bridgehead atoms. The number of nitrogens with one attached hydrogen (secondary N) is 1. The molecule has 1 heterocycles. The topological polar surface area (TPSA) is 69.1 Å². The molecule has 3 N–H and O–H groups in total. The lowest BCUT2D eigenvalue weighted by Gasteiger charge is -2.06. The molecule has 104 valence electrons. The summed E-state index contributed by atoms with van der Waals surface area (Å²) >= 11 is 5.36. The Balaban J connectivity index is 2.06. The fourth-order valence-electron chi connectivity index (χ4n) is 2.03. The standard InChI is InChI=1S/C16H12N2O2S/c19-13-7-6-11(8-14(13)20)12-9-17-15(18-16(12)21)10-4-2-1-3-5-10/h1-9,19-20H,(H,17,18,21). The number of aromatic amines is 1. The van der Waals surface area contributed by atoms with Gasteiger partial charge >= 0.3 is 0 Å². The van der Waals surface area contributed by atoms with Crippen LogP contribution >= 0.6 is 12.2 Å². The largest absolute Gasteiger partial charge is 0.504 e. The summed E-state index contributed by atoms with van der Waals surface area (Å²) in [6, 6.07) is 14.2. The molecule has 0 atom stereocenters. The van der Waals surface area contributed by atoms with Gasteiger partial charge in [0.15, 0.2) is 11.5 Å². The molecule has 0 aliphatic rings. The molecule has 5 heteroatoms. The molecule has 0 radical (unpaired) electrons. The van der Waals surface area contributed by atoms with Crippen molar-refractivity contribution in [2.75, 3.05) is 0 Å². The van der Waals surface area contributed by atoms with E-state index < -0.39 is 0 Å². The Hall–Kier alpha value is -2.66. The van der Waals surface area contributed by atoms with Gasteiger partial charge in [-0.3, -0.25) is 0 Å². The van der Waals surface area contributed by atoms with Gasteiger partial charge in [0, 0.05) is 17.3 Å². The number of hydrogen-bond donors (Lipinski definition) is 3. The summed E-state index contributed by atoms with van der Waals surface area (Å²) in [5, 5.41) is 18.9. The number of aromatic nitrogens is 2. The molecule has 21 heavy (non-hydrogen) atoms. The van der Waals surface area contributed by atoms with Crippen molar-refractivity contribution < 1.29 is 10.2 Å². The fraction of sp³-hybridized carbons (Fsp3) is 0. The van der Waals surface area contributed by atoms with Crippen molar-refractivity contribution >= 4 is 12.2 Å². The van der Waals surface area contributed by atoms with Crippen LogP contribution in [0.4, 0.5) is 0 Å². The molecular formula is C16H12N2O2S. The van der Waals surface area contributed by atoms with Gasteiger partial charge in [-0.25, -0.2) is 4.98 Å². The molecule has 0 fully saturated rings. The zero-order valence-electron chi connectivity index (χ0n) is 10.9. The molecule has 0 amide bonds. The van der Waals surface area contributed by atoms with Crippen molar-refractivity contribution in [3.05, 3.63) is 59.4 Å². The van der Waals surface area contributed by atoms with Gasteiger partial charge in [-0.2, -0.15) is 0 Å². The van der Waals surface area contributed by atoms with Crippen LogP contribution in [0.5, 0.6) is 11.5 Å². The first-order valence-electron chi connectivity index (χ1n) is 6.32. The van der Waals surface area contributed by atoms with Crippen molar-refractivity contribution in [1.82, 2.24) is 9.97 Å². The lowest BCUT2D eigenvalue weighted by Crippen LogP contribution is -1.91. The average Bonchev–Trinajstić information content (AvgIpc) is 2.51. The highest BCUT2D eigenvalue weighted by molar-refractivity contribution is 7.71. The molecule has 4 nitrogen and oxygen atoms in total. The van der Waals surface area contributed by atoms with Crippen LogP contribution < -0.4 is 0 Å². The van der Waals surface area contributed by atoms with E-state index in [2.05, 4.69) is 9.97 Å². The van der Waals surface area contributed by atoms with Crippen LogP contribution in [-0.2, 0) is 0 Å². The average molecular weight is 296 g/mol. The predicted molar refractivity (Wildman–Crippen MR) is 83.6 cm³/mol. The first-order valence-corrected chi connectivity index (χ1v) is 6.73. The van der Waals surface area contributed by atoms with E-state index in [9.17, 15) is 10.2 Å². The zero-order valence-corrected chi connectivity index (χ0v) is 11.8. The Morgan fingerprint density at radius 1 is 0.905 bits per heavy atom. The number of H-pyrrole nitrogens is 1. The van der Waals surface area contributed by atoms with Crippen LogP contribution in [0.3, 0.4) is 0 Å². The highest BCUT2D eigenvalue weighted by Crippen LogP contribution is 2.30. The minimum atomic E-state index is -0.186. The summed E-state index contributed by atoms with van der Waals surface area (Å²) in [7, 11) is 0. The monoisotopic (exact) mass is 296 g/mol. The maximum Gasteiger partial charge on any atom is 0.158 e. The van der Waals surface area contributed by atoms with Gasteiger partial charge in [0.1, 0.15) is 10.5 Å². The van der Waals surface area contributed by atoms with Crippen LogP contribution in [0.1, 0.15) is 0 Å². The Morgan fingerprint density at radius 3 is 2.33 bits per heavy atom. The van der Waals surface area contributed by atoms with Crippen molar-refractivity contribution in [1.29, 1.82) is 0 Å². The number of hydrogen-bond acceptors (Lipinski definition) is 4. The molecule has 1 aromatic heterocycles. The fourth-order valence-corrected chi connectivity index (χ4v) is 2.30. The normalized spacial score (nSPS) is 10.5. The van der Waals surface area contributed by atoms with E-state index >= 15 is 0 Å². The third-order valence-electron chi connectivity index (χ3n) is 3.13. The molecular weight excluding hydrogens is 284 g/mol. The van der Waals surface area contributed by atoms with Gasteiger partial charge in [0.05, 0.1) is 0 Å². The predicted octanol–water partition coefficient (Wildman–Crippen LogP) is 3.88. The summed E-state index contributed by atoms with van der Waals surface area (Å²) in [5.74, 6) is 0.337. The van der Waals surface area contributed by atoms with E-state index in [4.69, 9.17) is 12.2 Å². The van der Waals surface area contributed by atoms with Crippen LogP contribution in [-0.4, -0.2) is 20.2 Å². The van der Waals surface area contributed by atoms with Crippen molar-refractivity contribution in [2.24, 2.45) is 0 Å². The number of nitrogens with zero attached hydrogens (tertiary/aromatic N) is 1. The zero-order chi connectivity index (χ0) is 14.8. The molecule has 0 saturated heterocycles. The summed E-state index contributed by atoms with van der Waals surface area (Å²) in [5.41, 5.74) is 2.34. The third kappa shape index (κ3) is 2.64. The number of benzene rings is 2. The second-order valence-corrected chi connectivity index (χ2v) is 4.95. The first kappa shape index (κ1) is 13.3. The highest BCUT2D eigenvalue weighted by atomic mass is 32.1. The minimum absolute atomic E-state index is 0.164. The van der Waals surface area contributed by atoms with E-state index in [0.29, 0.717) is 21.6 Å². The summed E-state index contributed by atoms with van der Waals surface area (Å²) in [6.45, 7) is 0. The molecule has 0 spiro atoms. The van der Waals surface area contributed by atoms with E-state index in [1.165, 1.54) is 12.1 Å². The number of phenols is 2. The quantitative estimate of drug-likeness (QED) is 0.496. The lowest BCUT2D eigenvalue weighted by atomic mass is 10.1. The summed E-state index contributed by atoms with van der Waals surface area (Å²) in [6.07, 6.45) is 1.66. The van der Waals surface area contributed by atoms with Gasteiger partial charge in [-0.1, -0.05) is 48.6 Å². The number of phenolic OH excluding ortho intramolecular Hbond substituents is 2. The number of aromatic hydroxyl groups is 2. The van der Waals surface area contributed by atoms with Gasteiger partial charge in [0.25, 0.3) is 0 Å². The molecule has 0 saturated carbocycles. The van der Waals surface area contributed by atoms with E-state index in [1.54, 1.807) is 12.3 Å². The maximum atomic E-state index is 9.57. The van der Waals surface area contributed by atoms with Crippen molar-refractivity contribution in [3.8, 4) is 34.0 Å². The molecule has 3 rings (SSSR count). The van der Waals surface area contributed by atoms with Crippen molar-refractivity contribution in [3.63, 3.8) is 0 Å². The van der Waals surface area contributed by atoms with Gasteiger partial charge in [-0.05, 0) is 17.7 Å². The van der Waals surface area contributed by atoms with Crippen LogP contribution in [0.2, 0.25) is 0 Å². The lowest BCUT2D eigenvalue weighted by molar-refractivity contribution is 0.404. The van der Waals surface area contributed by atoms with Crippen LogP contribution in [0.15, 0.2) is 54.7 Å². The first-order chi connectivity index (χ1) is 10.1. The smallest absolute Gasteiger partial charge is 0.158 e. The Kier molecular flexibility index (Phi) is 3.41. The third-order valence-corrected chi connectivity index (χ3v) is 3.45. The Bertz CT molecular complexity index is 844. The van der Waals surface area contributed by atoms with Crippen LogP contribution in [0, 0.1) is 4.64 Å². The van der Waals surface area contributed by atoms with Gasteiger partial charge in [0.2, 0.25) is 0 Å². The Morgan fingerprint density at radius 2 is 1.67 bits per heavy atom. The van der Waals surface area contributed by atoms with Crippen LogP contribution in [0.25, 0.3) is 22.5 Å². The second kappa shape index (κ2) is 5.38. The highest BCUT2D eigenvalue weighted by Gasteiger charge is 2.07. The maximum absolute atomic E-state index is 9.57. The summed E-state index contributed by atoms with van der Waals surface area (Å²) in [4.78, 5) is 7.46. The number of rotatable bonds is 2. The Labute approximate surface area is 126 Å². The van der Waals surface area contributed by atoms with E-state index in [1.807, 2.05) is 30.3 Å².